The minimum atomic E-state index is 0.234. The zero-order chi connectivity index (χ0) is 9.26. The molecule has 0 fully saturated rings. The van der Waals surface area contributed by atoms with Gasteiger partial charge in [0.1, 0.15) is 0 Å². The lowest BCUT2D eigenvalue weighted by molar-refractivity contribution is 0.737. The molecule has 0 aliphatic carbocycles. The molecule has 0 spiro atoms. The molecule has 1 atom stereocenters. The molecule has 0 amide bonds. The third-order valence-electron chi connectivity index (χ3n) is 2.15. The summed E-state index contributed by atoms with van der Waals surface area (Å²) in [5.74, 6) is 0. The van der Waals surface area contributed by atoms with E-state index in [9.17, 15) is 0 Å². The molecule has 2 N–H and O–H groups in total. The first-order chi connectivity index (χ1) is 6.25. The van der Waals surface area contributed by atoms with Crippen LogP contribution in [0.3, 0.4) is 0 Å². The second-order valence-electron chi connectivity index (χ2n) is 3.56. The maximum absolute atomic E-state index is 5.74. The van der Waals surface area contributed by atoms with Crippen molar-refractivity contribution in [2.75, 3.05) is 0 Å². The third-order valence-corrected chi connectivity index (χ3v) is 2.15. The van der Waals surface area contributed by atoms with Crippen molar-refractivity contribution >= 4 is 5.52 Å². The summed E-state index contributed by atoms with van der Waals surface area (Å²) >= 11 is 0. The summed E-state index contributed by atoms with van der Waals surface area (Å²) in [5, 5.41) is 0. The average molecular weight is 174 g/mol. The first kappa shape index (κ1) is 8.32. The lowest BCUT2D eigenvalue weighted by atomic mass is 10.1. The second-order valence-corrected chi connectivity index (χ2v) is 3.56. The normalized spacial score (nSPS) is 13.4. The summed E-state index contributed by atoms with van der Waals surface area (Å²) in [6, 6.07) is 8.69. The van der Waals surface area contributed by atoms with E-state index in [2.05, 4.69) is 28.8 Å². The molecular weight excluding hydrogens is 160 g/mol. The molecule has 0 aromatic carbocycles. The number of nitrogens with zero attached hydrogens (tertiary/aromatic N) is 1. The van der Waals surface area contributed by atoms with E-state index in [0.29, 0.717) is 0 Å². The average Bonchev–Trinajstić information content (AvgIpc) is 2.49. The topological polar surface area (TPSA) is 30.4 Å². The minimum absolute atomic E-state index is 0.234. The highest BCUT2D eigenvalue weighted by atomic mass is 14.8. The van der Waals surface area contributed by atoms with Gasteiger partial charge in [-0.3, -0.25) is 0 Å². The number of pyridine rings is 1. The van der Waals surface area contributed by atoms with Gasteiger partial charge in [-0.15, -0.1) is 0 Å². The fourth-order valence-corrected chi connectivity index (χ4v) is 1.58. The number of hydrogen-bond donors (Lipinski definition) is 1. The smallest absolute Gasteiger partial charge is 0.0452 e. The van der Waals surface area contributed by atoms with E-state index in [4.69, 9.17) is 5.73 Å². The predicted molar refractivity (Wildman–Crippen MR) is 54.8 cm³/mol. The maximum atomic E-state index is 5.74. The fourth-order valence-electron chi connectivity index (χ4n) is 1.58. The zero-order valence-electron chi connectivity index (χ0n) is 7.77. The number of hydrogen-bond acceptors (Lipinski definition) is 1. The van der Waals surface area contributed by atoms with E-state index in [1.54, 1.807) is 0 Å². The van der Waals surface area contributed by atoms with Gasteiger partial charge in [0.2, 0.25) is 0 Å². The summed E-state index contributed by atoms with van der Waals surface area (Å²) in [4.78, 5) is 0. The Morgan fingerprint density at radius 3 is 3.00 bits per heavy atom. The van der Waals surface area contributed by atoms with Crippen LogP contribution in [-0.4, -0.2) is 10.4 Å². The molecule has 2 aromatic heterocycles. The number of aromatic nitrogens is 1. The molecule has 0 aliphatic heterocycles. The summed E-state index contributed by atoms with van der Waals surface area (Å²) in [6.07, 6.45) is 5.07. The van der Waals surface area contributed by atoms with Crippen LogP contribution in [0, 0.1) is 0 Å². The molecular formula is C11H14N2. The molecule has 13 heavy (non-hydrogen) atoms. The largest absolute Gasteiger partial charge is 0.328 e. The number of fused-ring (bicyclic) bond motifs is 1. The Balaban J connectivity index is 2.37. The maximum Gasteiger partial charge on any atom is 0.0452 e. The Morgan fingerprint density at radius 1 is 1.38 bits per heavy atom. The van der Waals surface area contributed by atoms with Crippen molar-refractivity contribution in [2.24, 2.45) is 5.73 Å². The monoisotopic (exact) mass is 174 g/mol. The molecule has 68 valence electrons. The van der Waals surface area contributed by atoms with E-state index in [0.717, 1.165) is 6.42 Å². The molecule has 0 radical (unpaired) electrons. The van der Waals surface area contributed by atoms with Gasteiger partial charge in [-0.05, 0) is 43.2 Å². The van der Waals surface area contributed by atoms with Crippen molar-refractivity contribution in [1.82, 2.24) is 4.40 Å². The summed E-state index contributed by atoms with van der Waals surface area (Å²) < 4.78 is 2.10. The van der Waals surface area contributed by atoms with Crippen molar-refractivity contribution in [3.8, 4) is 0 Å². The van der Waals surface area contributed by atoms with Crippen molar-refractivity contribution in [3.05, 3.63) is 42.2 Å². The first-order valence-electron chi connectivity index (χ1n) is 4.57. The van der Waals surface area contributed by atoms with Crippen LogP contribution in [0.1, 0.15) is 12.5 Å². The van der Waals surface area contributed by atoms with Gasteiger partial charge in [-0.2, -0.15) is 0 Å². The van der Waals surface area contributed by atoms with Crippen LogP contribution in [-0.2, 0) is 6.42 Å². The zero-order valence-corrected chi connectivity index (χ0v) is 7.77. The van der Waals surface area contributed by atoms with Crippen molar-refractivity contribution in [2.45, 2.75) is 19.4 Å². The van der Waals surface area contributed by atoms with Crippen LogP contribution in [0.25, 0.3) is 5.52 Å². The Bertz CT molecular complexity index is 401. The Kier molecular flexibility index (Phi) is 2.07. The van der Waals surface area contributed by atoms with Gasteiger partial charge in [0, 0.05) is 24.0 Å². The highest BCUT2D eigenvalue weighted by Crippen LogP contribution is 2.09. The van der Waals surface area contributed by atoms with Gasteiger partial charge in [-0.25, -0.2) is 0 Å². The van der Waals surface area contributed by atoms with Gasteiger partial charge < -0.3 is 10.1 Å². The van der Waals surface area contributed by atoms with Gasteiger partial charge in [0.05, 0.1) is 0 Å². The van der Waals surface area contributed by atoms with Gasteiger partial charge in [0.15, 0.2) is 0 Å². The Labute approximate surface area is 78.0 Å². The number of rotatable bonds is 2. The van der Waals surface area contributed by atoms with Gasteiger partial charge >= 0.3 is 0 Å². The van der Waals surface area contributed by atoms with Crippen molar-refractivity contribution in [1.29, 1.82) is 0 Å². The molecule has 2 heterocycles. The Hall–Kier alpha value is -1.28. The molecule has 2 nitrogen and oxygen atoms in total. The molecule has 0 aliphatic rings. The molecule has 2 heteroatoms. The minimum Gasteiger partial charge on any atom is -0.328 e. The van der Waals surface area contributed by atoms with Crippen LogP contribution < -0.4 is 5.73 Å². The lowest BCUT2D eigenvalue weighted by Gasteiger charge is -2.05. The SMILES string of the molecule is CC(N)Cc1ccn2cccc2c1. The first-order valence-corrected chi connectivity index (χ1v) is 4.57. The van der Waals surface area contributed by atoms with Crippen molar-refractivity contribution < 1.29 is 0 Å². The van der Waals surface area contributed by atoms with E-state index >= 15 is 0 Å². The van der Waals surface area contributed by atoms with E-state index in [1.165, 1.54) is 11.1 Å². The fraction of sp³-hybridized carbons (Fsp3) is 0.273. The molecule has 2 rings (SSSR count). The molecule has 2 aromatic rings. The number of nitrogens with two attached hydrogens (primary N) is 1. The summed E-state index contributed by atoms with van der Waals surface area (Å²) in [7, 11) is 0. The van der Waals surface area contributed by atoms with Crippen LogP contribution in [0.4, 0.5) is 0 Å². The van der Waals surface area contributed by atoms with E-state index < -0.39 is 0 Å². The lowest BCUT2D eigenvalue weighted by Crippen LogP contribution is -2.17. The highest BCUT2D eigenvalue weighted by molar-refractivity contribution is 5.49. The summed E-state index contributed by atoms with van der Waals surface area (Å²) in [5.41, 5.74) is 8.28. The van der Waals surface area contributed by atoms with Crippen LogP contribution in [0.15, 0.2) is 36.7 Å². The third kappa shape index (κ3) is 1.73. The van der Waals surface area contributed by atoms with Crippen LogP contribution >= 0.6 is 0 Å². The highest BCUT2D eigenvalue weighted by Gasteiger charge is 1.98. The molecule has 0 bridgehead atoms. The standard InChI is InChI=1S/C11H14N2/c1-9(12)7-10-4-6-13-5-2-3-11(13)8-10/h2-6,8-9H,7,12H2,1H3. The quantitative estimate of drug-likeness (QED) is 0.739. The Morgan fingerprint density at radius 2 is 2.23 bits per heavy atom. The van der Waals surface area contributed by atoms with Crippen LogP contribution in [0.2, 0.25) is 0 Å². The molecule has 0 saturated carbocycles. The molecule has 0 saturated heterocycles. The van der Waals surface area contributed by atoms with E-state index in [-0.39, 0.29) is 6.04 Å². The second kappa shape index (κ2) is 3.23. The van der Waals surface area contributed by atoms with Gasteiger partial charge in [0.25, 0.3) is 0 Å². The van der Waals surface area contributed by atoms with Crippen LogP contribution in [0.5, 0.6) is 0 Å². The molecule has 1 unspecified atom stereocenters. The summed E-state index contributed by atoms with van der Waals surface area (Å²) in [6.45, 7) is 2.03. The van der Waals surface area contributed by atoms with E-state index in [1.807, 2.05) is 19.2 Å². The predicted octanol–water partition coefficient (Wildman–Crippen LogP) is 1.83. The van der Waals surface area contributed by atoms with Crippen molar-refractivity contribution in [3.63, 3.8) is 0 Å². The van der Waals surface area contributed by atoms with Gasteiger partial charge in [-0.1, -0.05) is 0 Å².